The van der Waals surface area contributed by atoms with Gasteiger partial charge in [-0.05, 0) is 36.4 Å². The van der Waals surface area contributed by atoms with E-state index in [-0.39, 0.29) is 23.7 Å². The third kappa shape index (κ3) is 4.99. The van der Waals surface area contributed by atoms with Crippen LogP contribution in [-0.2, 0) is 9.53 Å². The van der Waals surface area contributed by atoms with Gasteiger partial charge >= 0.3 is 5.97 Å². The molecule has 6 nitrogen and oxygen atoms in total. The molecule has 0 atom stereocenters. The highest BCUT2D eigenvalue weighted by molar-refractivity contribution is 6.32. The number of ether oxygens (including phenoxy) is 1. The molecule has 128 valence electrons. The number of carbonyl (C=O) groups is 2. The summed E-state index contributed by atoms with van der Waals surface area (Å²) in [4.78, 5) is 29.3. The number of benzene rings is 1. The first-order valence-electron chi connectivity index (χ1n) is 7.23. The average molecular weight is 362 g/mol. The Morgan fingerprint density at radius 2 is 2.00 bits per heavy atom. The van der Waals surface area contributed by atoms with E-state index >= 15 is 0 Å². The second kappa shape index (κ2) is 8.76. The van der Waals surface area contributed by atoms with Crippen molar-refractivity contribution in [2.75, 3.05) is 18.1 Å². The van der Waals surface area contributed by atoms with Gasteiger partial charge in [0.1, 0.15) is 11.0 Å². The molecule has 1 aromatic heterocycles. The summed E-state index contributed by atoms with van der Waals surface area (Å²) < 4.78 is 18.0. The molecule has 0 saturated carbocycles. The van der Waals surface area contributed by atoms with E-state index in [1.807, 2.05) is 6.07 Å². The molecule has 1 aromatic carbocycles. The fraction of sp³-hybridized carbons (Fsp3) is 0.176. The van der Waals surface area contributed by atoms with Gasteiger partial charge in [-0.3, -0.25) is 4.79 Å². The number of esters is 1. The molecule has 1 amide bonds. The summed E-state index contributed by atoms with van der Waals surface area (Å²) in [5.74, 6) is -1.78. The van der Waals surface area contributed by atoms with Crippen LogP contribution in [0.1, 0.15) is 16.8 Å². The number of rotatable bonds is 6. The molecule has 0 radical (unpaired) electrons. The Labute approximate surface area is 148 Å². The first-order valence-corrected chi connectivity index (χ1v) is 7.61. The molecule has 0 unspecified atom stereocenters. The number of nitrogens with zero attached hydrogens (tertiary/aromatic N) is 3. The molecule has 0 spiro atoms. The van der Waals surface area contributed by atoms with E-state index < -0.39 is 24.3 Å². The van der Waals surface area contributed by atoms with Crippen LogP contribution < -0.4 is 4.90 Å². The summed E-state index contributed by atoms with van der Waals surface area (Å²) in [6.07, 6.45) is 1.49. The lowest BCUT2D eigenvalue weighted by Gasteiger charge is -2.21. The molecule has 0 bridgehead atoms. The predicted molar refractivity (Wildman–Crippen MR) is 88.5 cm³/mol. The van der Waals surface area contributed by atoms with Crippen molar-refractivity contribution in [1.82, 2.24) is 4.98 Å². The number of aromatic nitrogens is 1. The number of carbonyl (C=O) groups excluding carboxylic acids is 2. The van der Waals surface area contributed by atoms with Crippen molar-refractivity contribution in [2.45, 2.75) is 6.42 Å². The van der Waals surface area contributed by atoms with Gasteiger partial charge in [0, 0.05) is 18.4 Å². The fourth-order valence-electron chi connectivity index (χ4n) is 2.00. The van der Waals surface area contributed by atoms with Crippen LogP contribution in [0.2, 0.25) is 5.15 Å². The molecule has 0 fully saturated rings. The van der Waals surface area contributed by atoms with E-state index in [1.165, 1.54) is 47.5 Å². The summed E-state index contributed by atoms with van der Waals surface area (Å²) in [6.45, 7) is -0.459. The molecule has 0 saturated heterocycles. The number of anilines is 1. The van der Waals surface area contributed by atoms with E-state index in [9.17, 15) is 14.0 Å². The number of hydrogen-bond acceptors (Lipinski definition) is 5. The monoisotopic (exact) mass is 361 g/mol. The van der Waals surface area contributed by atoms with Crippen LogP contribution >= 0.6 is 11.6 Å². The van der Waals surface area contributed by atoms with Crippen LogP contribution in [0.4, 0.5) is 10.1 Å². The maximum absolute atomic E-state index is 13.0. The van der Waals surface area contributed by atoms with Gasteiger partial charge in [-0.15, -0.1) is 0 Å². The van der Waals surface area contributed by atoms with Crippen molar-refractivity contribution < 1.29 is 18.7 Å². The Hall–Kier alpha value is -2.98. The summed E-state index contributed by atoms with van der Waals surface area (Å²) in [5.41, 5.74) is 0.444. The smallest absolute Gasteiger partial charge is 0.341 e. The third-order valence-electron chi connectivity index (χ3n) is 3.19. The average Bonchev–Trinajstić information content (AvgIpc) is 2.61. The number of nitriles is 1. The SMILES string of the molecule is N#CCCN(C(=O)COC(=O)c1cccnc1Cl)c1ccc(F)cc1. The van der Waals surface area contributed by atoms with Gasteiger partial charge in [0.05, 0.1) is 18.1 Å². The van der Waals surface area contributed by atoms with Crippen LogP contribution in [0, 0.1) is 17.1 Å². The van der Waals surface area contributed by atoms with Gasteiger partial charge in [0.2, 0.25) is 0 Å². The van der Waals surface area contributed by atoms with E-state index in [1.54, 1.807) is 0 Å². The van der Waals surface area contributed by atoms with E-state index in [4.69, 9.17) is 21.6 Å². The number of halogens is 2. The lowest BCUT2D eigenvalue weighted by Crippen LogP contribution is -2.35. The highest BCUT2D eigenvalue weighted by Gasteiger charge is 2.19. The van der Waals surface area contributed by atoms with Crippen molar-refractivity contribution >= 4 is 29.2 Å². The largest absolute Gasteiger partial charge is 0.452 e. The van der Waals surface area contributed by atoms with Gasteiger partial charge in [0.15, 0.2) is 6.61 Å². The highest BCUT2D eigenvalue weighted by atomic mass is 35.5. The maximum atomic E-state index is 13.0. The Kier molecular flexibility index (Phi) is 6.43. The van der Waals surface area contributed by atoms with Crippen LogP contribution in [-0.4, -0.2) is 30.0 Å². The summed E-state index contributed by atoms with van der Waals surface area (Å²) >= 11 is 5.80. The zero-order valence-electron chi connectivity index (χ0n) is 13.0. The zero-order chi connectivity index (χ0) is 18.2. The van der Waals surface area contributed by atoms with Crippen molar-refractivity contribution in [3.05, 3.63) is 59.1 Å². The Morgan fingerprint density at radius 3 is 2.64 bits per heavy atom. The van der Waals surface area contributed by atoms with Crippen LogP contribution in [0.25, 0.3) is 0 Å². The topological polar surface area (TPSA) is 83.3 Å². The zero-order valence-corrected chi connectivity index (χ0v) is 13.7. The third-order valence-corrected chi connectivity index (χ3v) is 3.49. The second-order valence-electron chi connectivity index (χ2n) is 4.85. The van der Waals surface area contributed by atoms with Crippen molar-refractivity contribution in [3.63, 3.8) is 0 Å². The van der Waals surface area contributed by atoms with Gasteiger partial charge in [-0.2, -0.15) is 5.26 Å². The maximum Gasteiger partial charge on any atom is 0.341 e. The van der Waals surface area contributed by atoms with Crippen molar-refractivity contribution in [1.29, 1.82) is 5.26 Å². The van der Waals surface area contributed by atoms with Gasteiger partial charge in [0.25, 0.3) is 5.91 Å². The van der Waals surface area contributed by atoms with E-state index in [0.29, 0.717) is 5.69 Å². The molecule has 1 heterocycles. The van der Waals surface area contributed by atoms with Gasteiger partial charge in [-0.25, -0.2) is 14.2 Å². The number of hydrogen-bond donors (Lipinski definition) is 0. The lowest BCUT2D eigenvalue weighted by atomic mass is 10.2. The fourth-order valence-corrected chi connectivity index (χ4v) is 2.20. The van der Waals surface area contributed by atoms with Crippen LogP contribution in [0.3, 0.4) is 0 Å². The highest BCUT2D eigenvalue weighted by Crippen LogP contribution is 2.17. The number of pyridine rings is 1. The molecule has 0 aliphatic carbocycles. The van der Waals surface area contributed by atoms with Crippen LogP contribution in [0.15, 0.2) is 42.6 Å². The van der Waals surface area contributed by atoms with Crippen molar-refractivity contribution in [3.8, 4) is 6.07 Å². The molecular formula is C17H13ClFN3O3. The van der Waals surface area contributed by atoms with E-state index in [2.05, 4.69) is 4.98 Å². The minimum absolute atomic E-state index is 0.0279. The molecule has 0 aliphatic heterocycles. The Morgan fingerprint density at radius 1 is 1.28 bits per heavy atom. The normalized spacial score (nSPS) is 9.96. The molecular weight excluding hydrogens is 349 g/mol. The first-order chi connectivity index (χ1) is 12.0. The Balaban J connectivity index is 2.07. The quantitative estimate of drug-likeness (QED) is 0.583. The molecule has 8 heteroatoms. The Bertz CT molecular complexity index is 806. The van der Waals surface area contributed by atoms with Gasteiger partial charge in [-0.1, -0.05) is 11.6 Å². The summed E-state index contributed by atoms with van der Waals surface area (Å²) in [6, 6.07) is 10.1. The molecule has 0 aliphatic rings. The standard InChI is InChI=1S/C17H13ClFN3O3/c18-16-14(3-1-9-21-16)17(24)25-11-15(23)22(10-2-8-20)13-6-4-12(19)5-7-13/h1,3-7,9H,2,10-11H2. The second-order valence-corrected chi connectivity index (χ2v) is 5.21. The van der Waals surface area contributed by atoms with Gasteiger partial charge < -0.3 is 9.64 Å². The molecule has 2 aromatic rings. The predicted octanol–water partition coefficient (Wildman–Crippen LogP) is 2.98. The molecule has 0 N–H and O–H groups in total. The molecule has 2 rings (SSSR count). The minimum atomic E-state index is -0.786. The summed E-state index contributed by atoms with van der Waals surface area (Å²) in [7, 11) is 0. The first kappa shape index (κ1) is 18.4. The lowest BCUT2D eigenvalue weighted by molar-refractivity contribution is -0.121. The van der Waals surface area contributed by atoms with Crippen LogP contribution in [0.5, 0.6) is 0 Å². The number of amides is 1. The van der Waals surface area contributed by atoms with E-state index in [0.717, 1.165) is 0 Å². The van der Waals surface area contributed by atoms with Crippen molar-refractivity contribution in [2.24, 2.45) is 0 Å². The molecule has 25 heavy (non-hydrogen) atoms. The minimum Gasteiger partial charge on any atom is -0.452 e. The summed E-state index contributed by atoms with van der Waals surface area (Å²) in [5, 5.41) is 8.70.